The van der Waals surface area contributed by atoms with Crippen molar-refractivity contribution in [3.8, 4) is 17.2 Å². The molecule has 4 aromatic rings. The molecule has 0 saturated carbocycles. The van der Waals surface area contributed by atoms with Gasteiger partial charge >= 0.3 is 5.97 Å². The number of phenols is 1. The van der Waals surface area contributed by atoms with Gasteiger partial charge in [0.05, 0.1) is 6.26 Å². The number of furan rings is 1. The highest BCUT2D eigenvalue weighted by atomic mass is 16.7. The van der Waals surface area contributed by atoms with Gasteiger partial charge in [0, 0.05) is 6.61 Å². The van der Waals surface area contributed by atoms with E-state index in [-0.39, 0.29) is 12.1 Å². The number of hydrogen-bond acceptors (Lipinski definition) is 6. The van der Waals surface area contributed by atoms with Gasteiger partial charge in [0.15, 0.2) is 6.29 Å². The SMILES string of the molecule is CCC(C)c1ccc(O)cc1.CCC(C)c1ccc(OC(=O)c2ccco2)cc1.CCOC(C)Oc1ccc(C(C)CC)cc1. The van der Waals surface area contributed by atoms with Crippen LogP contribution in [0.3, 0.4) is 0 Å². The minimum Gasteiger partial charge on any atom is -0.508 e. The summed E-state index contributed by atoms with van der Waals surface area (Å²) in [6, 6.07) is 26.5. The summed E-state index contributed by atoms with van der Waals surface area (Å²) in [5.74, 6) is 3.19. The molecule has 6 nitrogen and oxygen atoms in total. The second kappa shape index (κ2) is 20.1. The summed E-state index contributed by atoms with van der Waals surface area (Å²) in [6.45, 7) is 17.7. The predicted molar refractivity (Wildman–Crippen MR) is 182 cm³/mol. The Hall–Kier alpha value is -4.03. The number of carbonyl (C=O) groups is 1. The number of carbonyl (C=O) groups excluding carboxylic acids is 1. The fourth-order valence-corrected chi connectivity index (χ4v) is 4.26. The maximum Gasteiger partial charge on any atom is 0.379 e. The van der Waals surface area contributed by atoms with Crippen molar-refractivity contribution in [3.63, 3.8) is 0 Å². The molecule has 0 aliphatic heterocycles. The molecule has 0 radical (unpaired) electrons. The zero-order valence-corrected chi connectivity index (χ0v) is 28.3. The first kappa shape index (κ1) is 37.2. The monoisotopic (exact) mass is 616 g/mol. The third-order valence-corrected chi connectivity index (χ3v) is 7.83. The maximum absolute atomic E-state index is 11.6. The van der Waals surface area contributed by atoms with Crippen LogP contribution in [0.1, 0.15) is 120 Å². The first-order valence-corrected chi connectivity index (χ1v) is 16.1. The van der Waals surface area contributed by atoms with Gasteiger partial charge in [-0.3, -0.25) is 0 Å². The molecule has 3 aromatic carbocycles. The number of aromatic hydroxyl groups is 1. The molecular formula is C39H52O6. The average molecular weight is 617 g/mol. The molecule has 1 N–H and O–H groups in total. The van der Waals surface area contributed by atoms with E-state index >= 15 is 0 Å². The smallest absolute Gasteiger partial charge is 0.379 e. The molecular weight excluding hydrogens is 564 g/mol. The van der Waals surface area contributed by atoms with Gasteiger partial charge in [-0.15, -0.1) is 0 Å². The summed E-state index contributed by atoms with van der Waals surface area (Å²) in [4.78, 5) is 11.6. The van der Waals surface area contributed by atoms with Gasteiger partial charge in [-0.2, -0.15) is 0 Å². The van der Waals surface area contributed by atoms with Crippen LogP contribution in [0, 0.1) is 0 Å². The van der Waals surface area contributed by atoms with Crippen LogP contribution in [0.2, 0.25) is 0 Å². The molecule has 1 heterocycles. The van der Waals surface area contributed by atoms with Gasteiger partial charge < -0.3 is 23.7 Å². The van der Waals surface area contributed by atoms with Gasteiger partial charge in [-0.25, -0.2) is 4.79 Å². The van der Waals surface area contributed by atoms with Gasteiger partial charge in [0.2, 0.25) is 5.76 Å². The Kier molecular flexibility index (Phi) is 16.6. The molecule has 4 unspecified atom stereocenters. The average Bonchev–Trinajstić information content (AvgIpc) is 3.61. The van der Waals surface area contributed by atoms with E-state index in [4.69, 9.17) is 23.7 Å². The Bertz CT molecular complexity index is 1330. The summed E-state index contributed by atoms with van der Waals surface area (Å²) in [6.07, 6.45) is 4.66. The van der Waals surface area contributed by atoms with Crippen molar-refractivity contribution >= 4 is 5.97 Å². The Morgan fingerprint density at radius 2 is 1.11 bits per heavy atom. The first-order valence-electron chi connectivity index (χ1n) is 16.1. The van der Waals surface area contributed by atoms with Crippen LogP contribution in [0.4, 0.5) is 0 Å². The molecule has 0 fully saturated rings. The Morgan fingerprint density at radius 3 is 1.51 bits per heavy atom. The normalized spacial score (nSPS) is 13.2. The number of hydrogen-bond donors (Lipinski definition) is 1. The summed E-state index contributed by atoms with van der Waals surface area (Å²) < 4.78 is 21.1. The summed E-state index contributed by atoms with van der Waals surface area (Å²) in [7, 11) is 0. The number of benzene rings is 3. The van der Waals surface area contributed by atoms with Gasteiger partial charge in [0.1, 0.15) is 17.2 Å². The molecule has 6 heteroatoms. The van der Waals surface area contributed by atoms with E-state index < -0.39 is 5.97 Å². The summed E-state index contributed by atoms with van der Waals surface area (Å²) in [5.41, 5.74) is 3.90. The molecule has 0 aliphatic carbocycles. The van der Waals surface area contributed by atoms with Gasteiger partial charge in [-0.1, -0.05) is 77.9 Å². The Balaban J connectivity index is 0.000000242. The largest absolute Gasteiger partial charge is 0.508 e. The van der Waals surface area contributed by atoms with Crippen LogP contribution in [-0.2, 0) is 4.74 Å². The van der Waals surface area contributed by atoms with Crippen molar-refractivity contribution in [1.82, 2.24) is 0 Å². The van der Waals surface area contributed by atoms with Crippen LogP contribution >= 0.6 is 0 Å². The van der Waals surface area contributed by atoms with E-state index in [1.165, 1.54) is 23.0 Å². The van der Waals surface area contributed by atoms with Crippen molar-refractivity contribution < 1.29 is 28.5 Å². The number of rotatable bonds is 12. The standard InChI is InChI=1S/C15H16O3.C14H22O2.C10H14O/c1-3-11(2)12-6-8-13(9-7-12)18-15(16)14-5-4-10-17-14;1-5-11(3)13-7-9-14(10-8-13)16-12(4)15-6-2;1-3-8(2)9-4-6-10(11)7-5-9/h4-11H,3H2,1-2H3;7-12H,5-6H2,1-4H3;4-8,11H,3H2,1-2H3. The van der Waals surface area contributed by atoms with Crippen LogP contribution in [0.15, 0.2) is 95.6 Å². The van der Waals surface area contributed by atoms with Crippen LogP contribution in [0.25, 0.3) is 0 Å². The second-order valence-corrected chi connectivity index (χ2v) is 11.2. The van der Waals surface area contributed by atoms with Crippen LogP contribution in [-0.4, -0.2) is 24.0 Å². The number of esters is 1. The first-order chi connectivity index (χ1) is 21.6. The zero-order valence-electron chi connectivity index (χ0n) is 28.3. The molecule has 45 heavy (non-hydrogen) atoms. The van der Waals surface area contributed by atoms with Crippen molar-refractivity contribution in [3.05, 3.63) is 114 Å². The molecule has 0 amide bonds. The lowest BCUT2D eigenvalue weighted by Gasteiger charge is -2.15. The molecule has 4 atom stereocenters. The molecule has 4 rings (SSSR count). The van der Waals surface area contributed by atoms with E-state index in [0.29, 0.717) is 35.9 Å². The fourth-order valence-electron chi connectivity index (χ4n) is 4.26. The lowest BCUT2D eigenvalue weighted by atomic mass is 9.99. The molecule has 0 saturated heterocycles. The van der Waals surface area contributed by atoms with Gasteiger partial charge in [-0.05, 0) is 116 Å². The lowest BCUT2D eigenvalue weighted by molar-refractivity contribution is -0.0613. The van der Waals surface area contributed by atoms with Crippen molar-refractivity contribution in [1.29, 1.82) is 0 Å². The molecule has 0 bridgehead atoms. The van der Waals surface area contributed by atoms with Gasteiger partial charge in [0.25, 0.3) is 0 Å². The van der Waals surface area contributed by atoms with Crippen molar-refractivity contribution in [2.75, 3.05) is 6.61 Å². The van der Waals surface area contributed by atoms with E-state index in [0.717, 1.165) is 25.0 Å². The minimum absolute atomic E-state index is 0.181. The highest BCUT2D eigenvalue weighted by molar-refractivity contribution is 5.88. The fraction of sp³-hybridized carbons (Fsp3) is 0.410. The highest BCUT2D eigenvalue weighted by Gasteiger charge is 2.12. The predicted octanol–water partition coefficient (Wildman–Crippen LogP) is 10.9. The van der Waals surface area contributed by atoms with Crippen LogP contribution < -0.4 is 9.47 Å². The quantitative estimate of drug-likeness (QED) is 0.0969. The van der Waals surface area contributed by atoms with E-state index in [1.807, 2.05) is 62.4 Å². The summed E-state index contributed by atoms with van der Waals surface area (Å²) in [5, 5.41) is 9.01. The number of ether oxygens (including phenoxy) is 3. The van der Waals surface area contributed by atoms with Crippen molar-refractivity contribution in [2.24, 2.45) is 0 Å². The highest BCUT2D eigenvalue weighted by Crippen LogP contribution is 2.24. The molecule has 1 aromatic heterocycles. The van der Waals surface area contributed by atoms with E-state index in [2.05, 4.69) is 53.7 Å². The summed E-state index contributed by atoms with van der Waals surface area (Å²) >= 11 is 0. The number of phenolic OH excluding ortho intramolecular Hbond substituents is 1. The Labute approximate surface area is 270 Å². The van der Waals surface area contributed by atoms with E-state index in [1.54, 1.807) is 24.3 Å². The van der Waals surface area contributed by atoms with Crippen molar-refractivity contribution in [2.45, 2.75) is 98.7 Å². The van der Waals surface area contributed by atoms with E-state index in [9.17, 15) is 4.79 Å². The Morgan fingerprint density at radius 1 is 0.667 bits per heavy atom. The molecule has 0 aliphatic rings. The third kappa shape index (κ3) is 13.2. The third-order valence-electron chi connectivity index (χ3n) is 7.83. The topological polar surface area (TPSA) is 78.1 Å². The lowest BCUT2D eigenvalue weighted by Crippen LogP contribution is -2.15. The molecule has 244 valence electrons. The maximum atomic E-state index is 11.6. The second-order valence-electron chi connectivity index (χ2n) is 11.2. The zero-order chi connectivity index (χ0) is 33.2. The molecule has 0 spiro atoms. The van der Waals surface area contributed by atoms with Crippen LogP contribution in [0.5, 0.6) is 17.2 Å². The minimum atomic E-state index is -0.476.